The summed E-state index contributed by atoms with van der Waals surface area (Å²) in [4.78, 5) is 12.8. The predicted octanol–water partition coefficient (Wildman–Crippen LogP) is 7.08. The van der Waals surface area contributed by atoms with Crippen LogP contribution in [0.15, 0.2) is 65.3 Å². The van der Waals surface area contributed by atoms with E-state index in [1.165, 1.54) is 11.1 Å². The van der Waals surface area contributed by atoms with E-state index < -0.39 is 0 Å². The van der Waals surface area contributed by atoms with E-state index in [0.29, 0.717) is 17.2 Å². The maximum atomic E-state index is 12.8. The van der Waals surface area contributed by atoms with Crippen LogP contribution >= 0.6 is 0 Å². The Balaban J connectivity index is 1.78. The standard InChI is InChI=1S/C29H29NO4/c1-17-11-12-21(18(2)13-17)24-16-34-29-20(4)28(33-6)22(15-23(24)29)19(3)14-27(31)30-25-9-7-8-10-26(25)32-5/h7-16H,1-6H3,(H,30,31)/b19-14+. The van der Waals surface area contributed by atoms with Crippen molar-refractivity contribution in [3.05, 3.63) is 83.1 Å². The van der Waals surface area contributed by atoms with Gasteiger partial charge in [0.05, 0.1) is 26.2 Å². The number of nitrogens with one attached hydrogen (secondary N) is 1. The smallest absolute Gasteiger partial charge is 0.248 e. The Morgan fingerprint density at radius 1 is 0.971 bits per heavy atom. The molecule has 1 amide bonds. The Morgan fingerprint density at radius 2 is 1.74 bits per heavy atom. The van der Waals surface area contributed by atoms with Crippen LogP contribution in [0.5, 0.6) is 11.5 Å². The Labute approximate surface area is 200 Å². The second kappa shape index (κ2) is 9.48. The quantitative estimate of drug-likeness (QED) is 0.316. The summed E-state index contributed by atoms with van der Waals surface area (Å²) in [6, 6.07) is 15.8. The molecule has 0 saturated carbocycles. The largest absolute Gasteiger partial charge is 0.496 e. The van der Waals surface area contributed by atoms with Crippen LogP contribution in [0.1, 0.15) is 29.2 Å². The molecule has 0 spiro atoms. The number of carbonyl (C=O) groups is 1. The van der Waals surface area contributed by atoms with Crippen molar-refractivity contribution in [2.45, 2.75) is 27.7 Å². The minimum absolute atomic E-state index is 0.247. The van der Waals surface area contributed by atoms with Gasteiger partial charge in [0.15, 0.2) is 0 Å². The zero-order valence-electron chi connectivity index (χ0n) is 20.4. The predicted molar refractivity (Wildman–Crippen MR) is 138 cm³/mol. The van der Waals surface area contributed by atoms with Crippen molar-refractivity contribution in [3.8, 4) is 22.6 Å². The van der Waals surface area contributed by atoms with E-state index in [9.17, 15) is 4.79 Å². The van der Waals surface area contributed by atoms with Crippen molar-refractivity contribution >= 4 is 28.1 Å². The average Bonchev–Trinajstić information content (AvgIpc) is 3.23. The van der Waals surface area contributed by atoms with Crippen LogP contribution in [0.3, 0.4) is 0 Å². The lowest BCUT2D eigenvalue weighted by Crippen LogP contribution is -2.09. The fraction of sp³-hybridized carbons (Fsp3) is 0.207. The lowest BCUT2D eigenvalue weighted by atomic mass is 9.94. The highest BCUT2D eigenvalue weighted by Crippen LogP contribution is 2.41. The van der Waals surface area contributed by atoms with Gasteiger partial charge in [0.25, 0.3) is 0 Å². The number of aryl methyl sites for hydroxylation is 3. The molecule has 0 bridgehead atoms. The summed E-state index contributed by atoms with van der Waals surface area (Å²) >= 11 is 0. The van der Waals surface area contributed by atoms with Crippen molar-refractivity contribution in [2.75, 3.05) is 19.5 Å². The normalized spacial score (nSPS) is 11.5. The number of furan rings is 1. The second-order valence-corrected chi connectivity index (χ2v) is 8.44. The topological polar surface area (TPSA) is 60.7 Å². The van der Waals surface area contributed by atoms with E-state index in [4.69, 9.17) is 13.9 Å². The molecule has 0 radical (unpaired) electrons. The van der Waals surface area contributed by atoms with Crippen LogP contribution in [0.4, 0.5) is 5.69 Å². The Bertz CT molecular complexity index is 1410. The van der Waals surface area contributed by atoms with Gasteiger partial charge in [-0.25, -0.2) is 0 Å². The Kier molecular flexibility index (Phi) is 6.46. The molecule has 0 aliphatic rings. The van der Waals surface area contributed by atoms with Crippen molar-refractivity contribution < 1.29 is 18.7 Å². The number of anilines is 1. The van der Waals surface area contributed by atoms with Crippen LogP contribution in [-0.2, 0) is 4.79 Å². The molecule has 1 heterocycles. The minimum Gasteiger partial charge on any atom is -0.496 e. The molecule has 0 fully saturated rings. The number of amides is 1. The van der Waals surface area contributed by atoms with E-state index >= 15 is 0 Å². The fourth-order valence-corrected chi connectivity index (χ4v) is 4.39. The molecule has 174 valence electrons. The molecule has 34 heavy (non-hydrogen) atoms. The fourth-order valence-electron chi connectivity index (χ4n) is 4.39. The molecule has 0 aliphatic heterocycles. The first-order chi connectivity index (χ1) is 16.3. The van der Waals surface area contributed by atoms with E-state index in [0.717, 1.165) is 38.8 Å². The summed E-state index contributed by atoms with van der Waals surface area (Å²) in [5, 5.41) is 3.88. The van der Waals surface area contributed by atoms with Crippen LogP contribution < -0.4 is 14.8 Å². The van der Waals surface area contributed by atoms with Crippen LogP contribution in [0.2, 0.25) is 0 Å². The molecule has 4 aromatic rings. The molecule has 0 atom stereocenters. The summed E-state index contributed by atoms with van der Waals surface area (Å²) in [6.07, 6.45) is 3.37. The number of rotatable bonds is 6. The molecule has 1 N–H and O–H groups in total. The summed E-state index contributed by atoms with van der Waals surface area (Å²) in [7, 11) is 3.21. The van der Waals surface area contributed by atoms with E-state index in [-0.39, 0.29) is 5.91 Å². The number of methoxy groups -OCH3 is 2. The molecular weight excluding hydrogens is 426 g/mol. The number of fused-ring (bicyclic) bond motifs is 1. The number of ether oxygens (including phenoxy) is 2. The zero-order valence-corrected chi connectivity index (χ0v) is 20.4. The first-order valence-corrected chi connectivity index (χ1v) is 11.1. The third kappa shape index (κ3) is 4.29. The van der Waals surface area contributed by atoms with Gasteiger partial charge in [-0.3, -0.25) is 4.79 Å². The van der Waals surface area contributed by atoms with Gasteiger partial charge in [0, 0.05) is 28.2 Å². The number of benzene rings is 3. The highest BCUT2D eigenvalue weighted by Gasteiger charge is 2.19. The molecule has 1 aromatic heterocycles. The van der Waals surface area contributed by atoms with Gasteiger partial charge in [-0.15, -0.1) is 0 Å². The average molecular weight is 456 g/mol. The maximum absolute atomic E-state index is 12.8. The zero-order chi connectivity index (χ0) is 24.4. The Morgan fingerprint density at radius 3 is 2.44 bits per heavy atom. The molecule has 0 unspecified atom stereocenters. The molecule has 5 nitrogen and oxygen atoms in total. The lowest BCUT2D eigenvalue weighted by Gasteiger charge is -2.14. The molecule has 3 aromatic carbocycles. The van der Waals surface area contributed by atoms with Gasteiger partial charge < -0.3 is 19.2 Å². The molecule has 0 saturated heterocycles. The molecule has 4 rings (SSSR count). The number of allylic oxidation sites excluding steroid dienone is 1. The van der Waals surface area contributed by atoms with Crippen molar-refractivity contribution in [3.63, 3.8) is 0 Å². The van der Waals surface area contributed by atoms with E-state index in [1.807, 2.05) is 32.0 Å². The SMILES string of the molecule is COc1ccccc1NC(=O)/C=C(\C)c1cc2c(-c3ccc(C)cc3C)coc2c(C)c1OC. The van der Waals surface area contributed by atoms with Crippen LogP contribution in [0.25, 0.3) is 27.7 Å². The van der Waals surface area contributed by atoms with Gasteiger partial charge in [0.2, 0.25) is 5.91 Å². The third-order valence-corrected chi connectivity index (χ3v) is 6.06. The van der Waals surface area contributed by atoms with Crippen molar-refractivity contribution in [2.24, 2.45) is 0 Å². The van der Waals surface area contributed by atoms with E-state index in [2.05, 4.69) is 37.4 Å². The molecule has 5 heteroatoms. The highest BCUT2D eigenvalue weighted by atomic mass is 16.5. The van der Waals surface area contributed by atoms with Crippen molar-refractivity contribution in [1.29, 1.82) is 0 Å². The number of hydrogen-bond acceptors (Lipinski definition) is 4. The Hall–Kier alpha value is -3.99. The second-order valence-electron chi connectivity index (χ2n) is 8.44. The maximum Gasteiger partial charge on any atom is 0.248 e. The summed E-state index contributed by atoms with van der Waals surface area (Å²) in [6.45, 7) is 8.07. The molecular formula is C29H29NO4. The summed E-state index contributed by atoms with van der Waals surface area (Å²) < 4.78 is 17.1. The van der Waals surface area contributed by atoms with E-state index in [1.54, 1.807) is 38.7 Å². The van der Waals surface area contributed by atoms with Gasteiger partial charge in [-0.1, -0.05) is 35.9 Å². The first kappa shape index (κ1) is 23.2. The summed E-state index contributed by atoms with van der Waals surface area (Å²) in [5.41, 5.74) is 8.45. The van der Waals surface area contributed by atoms with Crippen LogP contribution in [-0.4, -0.2) is 20.1 Å². The number of hydrogen-bond donors (Lipinski definition) is 1. The van der Waals surface area contributed by atoms with Crippen LogP contribution in [0, 0.1) is 20.8 Å². The number of carbonyl (C=O) groups excluding carboxylic acids is 1. The van der Waals surface area contributed by atoms with Gasteiger partial charge >= 0.3 is 0 Å². The summed E-state index contributed by atoms with van der Waals surface area (Å²) in [5.74, 6) is 1.05. The number of para-hydroxylation sites is 2. The monoisotopic (exact) mass is 455 g/mol. The van der Waals surface area contributed by atoms with Gasteiger partial charge in [-0.2, -0.15) is 0 Å². The highest BCUT2D eigenvalue weighted by molar-refractivity contribution is 6.06. The minimum atomic E-state index is -0.247. The lowest BCUT2D eigenvalue weighted by molar-refractivity contribution is -0.111. The third-order valence-electron chi connectivity index (χ3n) is 6.06. The molecule has 0 aliphatic carbocycles. The van der Waals surface area contributed by atoms with Gasteiger partial charge in [0.1, 0.15) is 17.1 Å². The van der Waals surface area contributed by atoms with Crippen molar-refractivity contribution in [1.82, 2.24) is 0 Å². The first-order valence-electron chi connectivity index (χ1n) is 11.1. The van der Waals surface area contributed by atoms with Gasteiger partial charge in [-0.05, 0) is 62.6 Å².